The van der Waals surface area contributed by atoms with Gasteiger partial charge in [-0.3, -0.25) is 9.69 Å². The Hall–Kier alpha value is -3.10. The molecule has 2 N–H and O–H groups in total. The Morgan fingerprint density at radius 1 is 1.18 bits per heavy atom. The number of pyridine rings is 1. The van der Waals surface area contributed by atoms with E-state index in [9.17, 15) is 13.2 Å². The van der Waals surface area contributed by atoms with Gasteiger partial charge in [0, 0.05) is 67.5 Å². The van der Waals surface area contributed by atoms with Crippen molar-refractivity contribution in [3.05, 3.63) is 57.4 Å². The number of carbonyl (C=O) groups excluding carboxylic acids is 1. The minimum absolute atomic E-state index is 0.0268. The average Bonchev–Trinajstić information content (AvgIpc) is 3.74. The Labute approximate surface area is 272 Å². The van der Waals surface area contributed by atoms with Crippen molar-refractivity contribution >= 4 is 48.6 Å². The summed E-state index contributed by atoms with van der Waals surface area (Å²) >= 11 is 3.64. The average molecular weight is 699 g/mol. The van der Waals surface area contributed by atoms with Crippen LogP contribution in [-0.2, 0) is 26.0 Å². The van der Waals surface area contributed by atoms with Crippen LogP contribution in [-0.4, -0.2) is 101 Å². The fourth-order valence-corrected chi connectivity index (χ4v) is 8.01. The van der Waals surface area contributed by atoms with Crippen LogP contribution in [0, 0.1) is 20.8 Å². The number of ketones is 1. The van der Waals surface area contributed by atoms with Crippen LogP contribution < -0.4 is 5.32 Å². The molecule has 11 nitrogen and oxygen atoms in total. The Balaban J connectivity index is 1.27. The van der Waals surface area contributed by atoms with E-state index in [4.69, 9.17) is 9.72 Å². The number of rotatable bonds is 10. The molecule has 45 heavy (non-hydrogen) atoms. The number of Topliss-reactive ketones (excluding diaryl/α,β-unsaturated/α-hetero) is 1. The van der Waals surface area contributed by atoms with Gasteiger partial charge in [-0.25, -0.2) is 18.4 Å². The zero-order valence-electron chi connectivity index (χ0n) is 26.2. The number of benzene rings is 1. The van der Waals surface area contributed by atoms with E-state index in [-0.39, 0.29) is 17.6 Å². The normalized spacial score (nSPS) is 18.2. The van der Waals surface area contributed by atoms with Crippen molar-refractivity contribution in [2.75, 3.05) is 57.0 Å². The standard InChI is InChI=1S/C32H40BrN7O4S/c1-5-45(42,43)39-10-9-24(18-39)35-29-27(33)17-34-32-30(29)36-31(37-32)26-15-20(2)40(22(26)4)28-8-6-7-23(21(28)3)16-25(41)19-38-11-13-44-14-12-38/h6-8,15,17,24H,5,9-14,16,18-19H2,1-4H3,(H2,34,35,36,37)/t24-/m0/s1. The number of aromatic nitrogens is 4. The molecule has 0 aliphatic carbocycles. The molecule has 6 rings (SSSR count). The molecule has 240 valence electrons. The second-order valence-corrected chi connectivity index (χ2v) is 15.1. The maximum atomic E-state index is 13.0. The Bertz CT molecular complexity index is 1850. The summed E-state index contributed by atoms with van der Waals surface area (Å²) in [6.45, 7) is 12.2. The number of aromatic amines is 1. The first kappa shape index (κ1) is 31.9. The monoisotopic (exact) mass is 697 g/mol. The van der Waals surface area contributed by atoms with Crippen LogP contribution in [0.25, 0.3) is 28.2 Å². The number of nitrogens with zero attached hydrogens (tertiary/aromatic N) is 5. The molecule has 2 aliphatic rings. The van der Waals surface area contributed by atoms with Gasteiger partial charge >= 0.3 is 0 Å². The molecular formula is C32H40BrN7O4S. The molecule has 2 aliphatic heterocycles. The molecule has 1 aromatic carbocycles. The molecule has 0 unspecified atom stereocenters. The molecule has 3 aromatic heterocycles. The van der Waals surface area contributed by atoms with Crippen LogP contribution in [0.2, 0.25) is 0 Å². The molecule has 2 fully saturated rings. The number of hydrogen-bond donors (Lipinski definition) is 2. The van der Waals surface area contributed by atoms with E-state index in [1.165, 1.54) is 0 Å². The van der Waals surface area contributed by atoms with Gasteiger partial charge in [-0.05, 0) is 73.3 Å². The number of aryl methyl sites for hydroxylation is 1. The molecule has 0 radical (unpaired) electrons. The highest BCUT2D eigenvalue weighted by Gasteiger charge is 2.31. The van der Waals surface area contributed by atoms with E-state index in [2.05, 4.69) is 73.6 Å². The van der Waals surface area contributed by atoms with E-state index < -0.39 is 10.0 Å². The number of imidazole rings is 1. The van der Waals surface area contributed by atoms with Gasteiger partial charge in [0.05, 0.1) is 35.7 Å². The highest BCUT2D eigenvalue weighted by molar-refractivity contribution is 9.10. The lowest BCUT2D eigenvalue weighted by Crippen LogP contribution is -2.40. The molecule has 13 heteroatoms. The first-order chi connectivity index (χ1) is 21.6. The third kappa shape index (κ3) is 6.46. The SMILES string of the molecule is CCS(=O)(=O)N1CC[C@H](Nc2c(Br)cnc3nc(-c4cc(C)n(-c5cccc(CC(=O)CN6CCOCC6)c5C)c4C)[nH]c23)C1. The number of sulfonamides is 1. The number of H-pyrrole nitrogens is 1. The van der Waals surface area contributed by atoms with Crippen molar-refractivity contribution in [3.8, 4) is 17.1 Å². The predicted octanol–water partition coefficient (Wildman–Crippen LogP) is 4.38. The van der Waals surface area contributed by atoms with E-state index in [0.29, 0.717) is 50.7 Å². The minimum atomic E-state index is -3.23. The fourth-order valence-electron chi connectivity index (χ4n) is 6.44. The summed E-state index contributed by atoms with van der Waals surface area (Å²) in [7, 11) is -3.23. The van der Waals surface area contributed by atoms with Gasteiger partial charge in [-0.15, -0.1) is 0 Å². The number of hydrogen-bond acceptors (Lipinski definition) is 8. The van der Waals surface area contributed by atoms with Gasteiger partial charge in [0.2, 0.25) is 10.0 Å². The summed E-state index contributed by atoms with van der Waals surface area (Å²) in [6, 6.07) is 8.26. The fraction of sp³-hybridized carbons (Fsp3) is 0.469. The van der Waals surface area contributed by atoms with Crippen molar-refractivity contribution in [1.82, 2.24) is 28.7 Å². The van der Waals surface area contributed by atoms with Crippen molar-refractivity contribution in [3.63, 3.8) is 0 Å². The molecule has 0 amide bonds. The number of fused-ring (bicyclic) bond motifs is 1. The molecular weight excluding hydrogens is 658 g/mol. The van der Waals surface area contributed by atoms with Crippen LogP contribution in [0.15, 0.2) is 34.9 Å². The summed E-state index contributed by atoms with van der Waals surface area (Å²) in [4.78, 5) is 28.1. The highest BCUT2D eigenvalue weighted by Crippen LogP contribution is 2.35. The molecule has 4 aromatic rings. The maximum absolute atomic E-state index is 13.0. The molecule has 0 saturated carbocycles. The van der Waals surface area contributed by atoms with Gasteiger partial charge in [0.15, 0.2) is 11.4 Å². The first-order valence-electron chi connectivity index (χ1n) is 15.4. The summed E-state index contributed by atoms with van der Waals surface area (Å²) < 4.78 is 34.8. The van der Waals surface area contributed by atoms with E-state index in [0.717, 1.165) is 69.0 Å². The van der Waals surface area contributed by atoms with Crippen molar-refractivity contribution in [1.29, 1.82) is 0 Å². The number of ether oxygens (including phenoxy) is 1. The highest BCUT2D eigenvalue weighted by atomic mass is 79.9. The largest absolute Gasteiger partial charge is 0.379 e. The summed E-state index contributed by atoms with van der Waals surface area (Å²) in [5.74, 6) is 1.01. The molecule has 0 spiro atoms. The second-order valence-electron chi connectivity index (χ2n) is 11.9. The van der Waals surface area contributed by atoms with Crippen LogP contribution in [0.1, 0.15) is 35.9 Å². The van der Waals surface area contributed by atoms with Crippen LogP contribution in [0.4, 0.5) is 5.69 Å². The lowest BCUT2D eigenvalue weighted by Gasteiger charge is -2.26. The second kappa shape index (κ2) is 13.0. The van der Waals surface area contributed by atoms with Crippen molar-refractivity contribution in [2.45, 2.75) is 46.6 Å². The molecule has 0 bridgehead atoms. The van der Waals surface area contributed by atoms with Crippen molar-refractivity contribution in [2.24, 2.45) is 0 Å². The smallest absolute Gasteiger partial charge is 0.213 e. The van der Waals surface area contributed by atoms with Crippen LogP contribution in [0.5, 0.6) is 0 Å². The van der Waals surface area contributed by atoms with Gasteiger partial charge in [0.25, 0.3) is 0 Å². The summed E-state index contributed by atoms with van der Waals surface area (Å²) in [5.41, 5.74) is 8.35. The summed E-state index contributed by atoms with van der Waals surface area (Å²) in [6.07, 6.45) is 2.84. The topological polar surface area (TPSA) is 125 Å². The Morgan fingerprint density at radius 2 is 1.96 bits per heavy atom. The zero-order chi connectivity index (χ0) is 31.9. The first-order valence-corrected chi connectivity index (χ1v) is 17.8. The van der Waals surface area contributed by atoms with E-state index in [1.54, 1.807) is 17.4 Å². The van der Waals surface area contributed by atoms with Gasteiger partial charge in [-0.2, -0.15) is 4.31 Å². The molecule has 1 atom stereocenters. The van der Waals surface area contributed by atoms with Crippen LogP contribution >= 0.6 is 15.9 Å². The number of carbonyl (C=O) groups is 1. The summed E-state index contributed by atoms with van der Waals surface area (Å²) in [5, 5.41) is 3.55. The number of nitrogens with one attached hydrogen (secondary N) is 2. The number of anilines is 1. The van der Waals surface area contributed by atoms with Gasteiger partial charge < -0.3 is 19.6 Å². The number of halogens is 1. The van der Waals surface area contributed by atoms with Gasteiger partial charge in [-0.1, -0.05) is 12.1 Å². The Kier molecular flexibility index (Phi) is 9.17. The molecule has 5 heterocycles. The van der Waals surface area contributed by atoms with Gasteiger partial charge in [0.1, 0.15) is 11.3 Å². The third-order valence-corrected chi connectivity index (χ3v) is 11.4. The Morgan fingerprint density at radius 3 is 2.71 bits per heavy atom. The van der Waals surface area contributed by atoms with Crippen molar-refractivity contribution < 1.29 is 17.9 Å². The van der Waals surface area contributed by atoms with Crippen LogP contribution in [0.3, 0.4) is 0 Å². The quantitative estimate of drug-likeness (QED) is 0.250. The lowest BCUT2D eigenvalue weighted by molar-refractivity contribution is -0.120. The lowest BCUT2D eigenvalue weighted by atomic mass is 10.0. The zero-order valence-corrected chi connectivity index (χ0v) is 28.6. The minimum Gasteiger partial charge on any atom is -0.379 e. The third-order valence-electron chi connectivity index (χ3n) is 8.97. The molecule has 2 saturated heterocycles. The van der Waals surface area contributed by atoms with E-state index in [1.807, 2.05) is 12.1 Å². The number of morpholine rings is 1. The predicted molar refractivity (Wildman–Crippen MR) is 180 cm³/mol. The van der Waals surface area contributed by atoms with E-state index >= 15 is 0 Å². The maximum Gasteiger partial charge on any atom is 0.213 e.